The molecule has 0 aliphatic heterocycles. The molecule has 1 N–H and O–H groups in total. The van der Waals surface area contributed by atoms with Crippen molar-refractivity contribution in [1.82, 2.24) is 4.90 Å². The van der Waals surface area contributed by atoms with Crippen molar-refractivity contribution in [3.8, 4) is 0 Å². The van der Waals surface area contributed by atoms with Gasteiger partial charge in [0.15, 0.2) is 0 Å². The van der Waals surface area contributed by atoms with Gasteiger partial charge in [0.1, 0.15) is 6.04 Å². The Hall–Kier alpha value is -0.630. The lowest BCUT2D eigenvalue weighted by molar-refractivity contribution is -0.141. The maximum Gasteiger partial charge on any atom is 0.326 e. The van der Waals surface area contributed by atoms with Crippen LogP contribution in [-0.4, -0.2) is 34.0 Å². The number of carboxylic acids is 1. The number of thiophene rings is 1. The molecule has 0 bridgehead atoms. The number of nitrogens with zero attached hydrogens (tertiary/aromatic N) is 1. The second-order valence-corrected chi connectivity index (χ2v) is 6.90. The molecular formula is C11H12INO3S. The van der Waals surface area contributed by atoms with Crippen LogP contribution in [0.1, 0.15) is 30.1 Å². The van der Waals surface area contributed by atoms with Gasteiger partial charge in [0.2, 0.25) is 0 Å². The third-order valence-electron chi connectivity index (χ3n) is 2.76. The van der Waals surface area contributed by atoms with Crippen molar-refractivity contribution < 1.29 is 14.7 Å². The highest BCUT2D eigenvalue weighted by molar-refractivity contribution is 14.1. The third kappa shape index (κ3) is 2.79. The minimum Gasteiger partial charge on any atom is -0.480 e. The van der Waals surface area contributed by atoms with Gasteiger partial charge in [-0.05, 0) is 48.4 Å². The summed E-state index contributed by atoms with van der Waals surface area (Å²) >= 11 is 3.65. The van der Waals surface area contributed by atoms with E-state index in [0.717, 1.165) is 15.7 Å². The van der Waals surface area contributed by atoms with E-state index >= 15 is 0 Å². The second-order valence-electron chi connectivity index (χ2n) is 4.10. The van der Waals surface area contributed by atoms with Gasteiger partial charge in [-0.15, -0.1) is 11.3 Å². The van der Waals surface area contributed by atoms with Crippen LogP contribution in [0.15, 0.2) is 11.4 Å². The van der Waals surface area contributed by atoms with Crippen LogP contribution in [0, 0.1) is 2.88 Å². The SMILES string of the molecule is CC(C(=O)O)N(C(=O)c1csc(I)c1)C1CC1. The Morgan fingerprint density at radius 1 is 1.59 bits per heavy atom. The first-order valence-electron chi connectivity index (χ1n) is 5.30. The Bertz CT molecular complexity index is 455. The number of halogens is 1. The molecular weight excluding hydrogens is 353 g/mol. The van der Waals surface area contributed by atoms with Crippen LogP contribution in [0.3, 0.4) is 0 Å². The van der Waals surface area contributed by atoms with E-state index in [-0.39, 0.29) is 11.9 Å². The predicted octanol–water partition coefficient (Wildman–Crippen LogP) is 2.43. The molecule has 4 nitrogen and oxygen atoms in total. The van der Waals surface area contributed by atoms with E-state index in [2.05, 4.69) is 22.6 Å². The van der Waals surface area contributed by atoms with Crippen molar-refractivity contribution in [2.75, 3.05) is 0 Å². The molecule has 92 valence electrons. The molecule has 1 aliphatic rings. The summed E-state index contributed by atoms with van der Waals surface area (Å²) in [5.41, 5.74) is 0.597. The minimum atomic E-state index is -0.949. The average molecular weight is 365 g/mol. The topological polar surface area (TPSA) is 57.6 Å². The number of aliphatic carboxylic acids is 1. The Labute approximate surface area is 117 Å². The normalized spacial score (nSPS) is 16.6. The van der Waals surface area contributed by atoms with Crippen LogP contribution in [0.4, 0.5) is 0 Å². The molecule has 17 heavy (non-hydrogen) atoms. The van der Waals surface area contributed by atoms with Gasteiger partial charge in [-0.25, -0.2) is 4.79 Å². The molecule has 1 aromatic heterocycles. The number of hydrogen-bond donors (Lipinski definition) is 1. The molecule has 0 saturated heterocycles. The highest BCUT2D eigenvalue weighted by Crippen LogP contribution is 2.31. The van der Waals surface area contributed by atoms with Crippen LogP contribution in [-0.2, 0) is 4.79 Å². The number of rotatable bonds is 4. The van der Waals surface area contributed by atoms with Gasteiger partial charge in [0.05, 0.1) is 8.45 Å². The van der Waals surface area contributed by atoms with E-state index in [1.54, 1.807) is 18.4 Å². The van der Waals surface area contributed by atoms with Crippen LogP contribution in [0.5, 0.6) is 0 Å². The predicted molar refractivity (Wildman–Crippen MR) is 73.3 cm³/mol. The summed E-state index contributed by atoms with van der Waals surface area (Å²) in [6.07, 6.45) is 1.81. The molecule has 1 fully saturated rings. The molecule has 1 saturated carbocycles. The highest BCUT2D eigenvalue weighted by Gasteiger charge is 2.38. The minimum absolute atomic E-state index is 0.103. The quantitative estimate of drug-likeness (QED) is 0.834. The van der Waals surface area contributed by atoms with Crippen molar-refractivity contribution in [2.24, 2.45) is 0 Å². The summed E-state index contributed by atoms with van der Waals surface area (Å²) in [6, 6.07) is 1.15. The number of carboxylic acid groups (broad SMARTS) is 1. The fraction of sp³-hybridized carbons (Fsp3) is 0.455. The van der Waals surface area contributed by atoms with Crippen LogP contribution in [0.25, 0.3) is 0 Å². The Morgan fingerprint density at radius 3 is 2.65 bits per heavy atom. The molecule has 0 radical (unpaired) electrons. The van der Waals surface area contributed by atoms with Gasteiger partial charge in [0.25, 0.3) is 5.91 Å². The molecule has 1 aromatic rings. The summed E-state index contributed by atoms with van der Waals surface area (Å²) in [6.45, 7) is 1.57. The summed E-state index contributed by atoms with van der Waals surface area (Å²) < 4.78 is 1.03. The largest absolute Gasteiger partial charge is 0.480 e. The molecule has 1 heterocycles. The lowest BCUT2D eigenvalue weighted by Crippen LogP contribution is -2.44. The fourth-order valence-electron chi connectivity index (χ4n) is 1.70. The van der Waals surface area contributed by atoms with Crippen molar-refractivity contribution >= 4 is 45.8 Å². The van der Waals surface area contributed by atoms with Crippen molar-refractivity contribution in [3.63, 3.8) is 0 Å². The summed E-state index contributed by atoms with van der Waals surface area (Å²) in [7, 11) is 0. The molecule has 0 spiro atoms. The zero-order valence-corrected chi connectivity index (χ0v) is 12.2. The lowest BCUT2D eigenvalue weighted by atomic mass is 10.2. The monoisotopic (exact) mass is 365 g/mol. The number of hydrogen-bond acceptors (Lipinski definition) is 3. The average Bonchev–Trinajstić information content (AvgIpc) is 3.00. The summed E-state index contributed by atoms with van der Waals surface area (Å²) in [5, 5.41) is 10.8. The van der Waals surface area contributed by atoms with Crippen LogP contribution >= 0.6 is 33.9 Å². The van der Waals surface area contributed by atoms with Gasteiger partial charge in [-0.2, -0.15) is 0 Å². The number of carbonyl (C=O) groups excluding carboxylic acids is 1. The maximum absolute atomic E-state index is 12.3. The summed E-state index contributed by atoms with van der Waals surface area (Å²) in [4.78, 5) is 24.8. The molecule has 1 aliphatic carbocycles. The van der Waals surface area contributed by atoms with Gasteiger partial charge >= 0.3 is 5.97 Å². The van der Waals surface area contributed by atoms with Gasteiger partial charge in [-0.1, -0.05) is 0 Å². The molecule has 6 heteroatoms. The van der Waals surface area contributed by atoms with Crippen molar-refractivity contribution in [2.45, 2.75) is 31.8 Å². The van der Waals surface area contributed by atoms with Crippen LogP contribution < -0.4 is 0 Å². The van der Waals surface area contributed by atoms with Crippen molar-refractivity contribution in [3.05, 3.63) is 19.9 Å². The first-order valence-corrected chi connectivity index (χ1v) is 7.26. The van der Waals surface area contributed by atoms with Gasteiger partial charge < -0.3 is 10.0 Å². The van der Waals surface area contributed by atoms with E-state index in [4.69, 9.17) is 5.11 Å². The lowest BCUT2D eigenvalue weighted by Gasteiger charge is -2.26. The van der Waals surface area contributed by atoms with E-state index < -0.39 is 12.0 Å². The van der Waals surface area contributed by atoms with Gasteiger partial charge in [-0.3, -0.25) is 4.79 Å². The smallest absolute Gasteiger partial charge is 0.326 e. The first-order chi connectivity index (χ1) is 8.00. The van der Waals surface area contributed by atoms with E-state index in [1.807, 2.05) is 0 Å². The molecule has 1 atom stereocenters. The Kier molecular flexibility index (Phi) is 3.72. The number of amides is 1. The summed E-state index contributed by atoms with van der Waals surface area (Å²) in [5.74, 6) is -1.11. The van der Waals surface area contributed by atoms with E-state index in [0.29, 0.717) is 5.56 Å². The first kappa shape index (κ1) is 12.8. The molecule has 2 rings (SSSR count). The second kappa shape index (κ2) is 4.93. The van der Waals surface area contributed by atoms with E-state index in [9.17, 15) is 9.59 Å². The molecule has 0 aromatic carbocycles. The third-order valence-corrected chi connectivity index (χ3v) is 4.55. The maximum atomic E-state index is 12.3. The van der Waals surface area contributed by atoms with Gasteiger partial charge in [0, 0.05) is 11.4 Å². The molecule has 1 unspecified atom stereocenters. The molecule has 1 amide bonds. The van der Waals surface area contributed by atoms with E-state index in [1.165, 1.54) is 16.2 Å². The van der Waals surface area contributed by atoms with Crippen molar-refractivity contribution in [1.29, 1.82) is 0 Å². The van der Waals surface area contributed by atoms with Crippen LogP contribution in [0.2, 0.25) is 0 Å². The zero-order chi connectivity index (χ0) is 12.6. The Balaban J connectivity index is 2.21. The standard InChI is InChI=1S/C11H12INO3S/c1-6(11(15)16)13(8-2-3-8)10(14)7-4-9(12)17-5-7/h4-6,8H,2-3H2,1H3,(H,15,16). The zero-order valence-electron chi connectivity index (χ0n) is 9.22. The highest BCUT2D eigenvalue weighted by atomic mass is 127. The Morgan fingerprint density at radius 2 is 2.24 bits per heavy atom. The fourth-order valence-corrected chi connectivity index (χ4v) is 3.02. The number of carbonyl (C=O) groups is 2.